The summed E-state index contributed by atoms with van der Waals surface area (Å²) in [5.41, 5.74) is 4.16. The monoisotopic (exact) mass is 350 g/mol. The van der Waals surface area contributed by atoms with E-state index >= 15 is 0 Å². The maximum Gasteiger partial charge on any atom is 0.530 e. The lowest BCUT2D eigenvalue weighted by Crippen LogP contribution is -2.37. The summed E-state index contributed by atoms with van der Waals surface area (Å²) >= 11 is 0. The molecule has 0 saturated carbocycles. The molecule has 7 nitrogen and oxygen atoms in total. The number of carbonyl (C=O) groups excluding carboxylic acids is 1. The maximum absolute atomic E-state index is 12.9. The highest BCUT2D eigenvalue weighted by Crippen LogP contribution is 2.44. The highest BCUT2D eigenvalue weighted by molar-refractivity contribution is 7.52. The standard InChI is InChI=1S/C16H19N2O5P/c1-12-4-8-14(9-5-12)22-24(20,18-17-16(19)21-3)23-15-10-6-13(2)7-11-15/h4-11H,1-3H3,(H,17,19)(H,18,20). The molecule has 2 rings (SSSR count). The Bertz CT molecular complexity index is 680. The van der Waals surface area contributed by atoms with Crippen LogP contribution in [0.3, 0.4) is 0 Å². The van der Waals surface area contributed by atoms with Crippen LogP contribution in [0.5, 0.6) is 11.5 Å². The van der Waals surface area contributed by atoms with Gasteiger partial charge in [0.2, 0.25) is 0 Å². The Morgan fingerprint density at radius 1 is 0.875 bits per heavy atom. The predicted molar refractivity (Wildman–Crippen MR) is 89.9 cm³/mol. The van der Waals surface area contributed by atoms with Crippen LogP contribution in [0.4, 0.5) is 4.79 Å². The maximum atomic E-state index is 12.9. The molecule has 0 aliphatic carbocycles. The van der Waals surface area contributed by atoms with Gasteiger partial charge in [-0.1, -0.05) is 35.4 Å². The smallest absolute Gasteiger partial charge is 0.452 e. The minimum Gasteiger partial charge on any atom is -0.452 e. The third-order valence-electron chi connectivity index (χ3n) is 2.97. The van der Waals surface area contributed by atoms with E-state index in [1.54, 1.807) is 48.5 Å². The normalized spacial score (nSPS) is 10.8. The van der Waals surface area contributed by atoms with Crippen LogP contribution in [0, 0.1) is 13.8 Å². The Morgan fingerprint density at radius 2 is 1.29 bits per heavy atom. The fourth-order valence-corrected chi connectivity index (χ4v) is 2.86. The minimum absolute atomic E-state index is 0.329. The Balaban J connectivity index is 2.19. The van der Waals surface area contributed by atoms with Crippen molar-refractivity contribution in [1.82, 2.24) is 10.6 Å². The average Bonchev–Trinajstić information content (AvgIpc) is 2.57. The summed E-state index contributed by atoms with van der Waals surface area (Å²) in [6, 6.07) is 13.8. The molecule has 0 aliphatic heterocycles. The molecule has 2 N–H and O–H groups in total. The molecule has 128 valence electrons. The van der Waals surface area contributed by atoms with Gasteiger partial charge in [-0.2, -0.15) is 0 Å². The van der Waals surface area contributed by atoms with E-state index in [2.05, 4.69) is 15.4 Å². The first-order valence-corrected chi connectivity index (χ1v) is 8.68. The van der Waals surface area contributed by atoms with Gasteiger partial charge in [-0.15, -0.1) is 5.20 Å². The van der Waals surface area contributed by atoms with Gasteiger partial charge >= 0.3 is 13.8 Å². The fraction of sp³-hybridized carbons (Fsp3) is 0.188. The molecular weight excluding hydrogens is 331 g/mol. The van der Waals surface area contributed by atoms with E-state index in [-0.39, 0.29) is 0 Å². The largest absolute Gasteiger partial charge is 0.530 e. The number of hydrazine groups is 1. The van der Waals surface area contributed by atoms with Crippen LogP contribution in [0.15, 0.2) is 48.5 Å². The number of hydrogen-bond acceptors (Lipinski definition) is 5. The van der Waals surface area contributed by atoms with Gasteiger partial charge in [0.25, 0.3) is 0 Å². The first-order chi connectivity index (χ1) is 11.4. The van der Waals surface area contributed by atoms with Crippen molar-refractivity contribution in [3.05, 3.63) is 59.7 Å². The van der Waals surface area contributed by atoms with Crippen LogP contribution in [0.25, 0.3) is 0 Å². The van der Waals surface area contributed by atoms with Crippen molar-refractivity contribution in [2.45, 2.75) is 13.8 Å². The van der Waals surface area contributed by atoms with Crippen molar-refractivity contribution in [2.24, 2.45) is 0 Å². The number of methoxy groups -OCH3 is 1. The van der Waals surface area contributed by atoms with Crippen LogP contribution >= 0.6 is 7.75 Å². The molecule has 0 spiro atoms. The van der Waals surface area contributed by atoms with Crippen LogP contribution in [0.2, 0.25) is 0 Å². The number of hydrogen-bond donors (Lipinski definition) is 2. The summed E-state index contributed by atoms with van der Waals surface area (Å²) in [5, 5.41) is 2.26. The summed E-state index contributed by atoms with van der Waals surface area (Å²) in [4.78, 5) is 11.2. The summed E-state index contributed by atoms with van der Waals surface area (Å²) < 4.78 is 28.2. The highest BCUT2D eigenvalue weighted by Gasteiger charge is 2.29. The molecule has 2 aromatic rings. The Kier molecular flexibility index (Phi) is 5.84. The molecule has 0 bridgehead atoms. The van der Waals surface area contributed by atoms with Gasteiger partial charge in [0.05, 0.1) is 7.11 Å². The summed E-state index contributed by atoms with van der Waals surface area (Å²) in [7, 11) is -2.74. The molecule has 0 fully saturated rings. The third-order valence-corrected chi connectivity index (χ3v) is 4.26. The second-order valence-electron chi connectivity index (χ2n) is 5.03. The highest BCUT2D eigenvalue weighted by atomic mass is 31.2. The molecule has 24 heavy (non-hydrogen) atoms. The van der Waals surface area contributed by atoms with Crippen molar-refractivity contribution >= 4 is 13.8 Å². The molecule has 0 saturated heterocycles. The number of nitrogens with one attached hydrogen (secondary N) is 2. The number of benzene rings is 2. The van der Waals surface area contributed by atoms with Gasteiger partial charge in [-0.05, 0) is 38.1 Å². The second-order valence-corrected chi connectivity index (χ2v) is 6.62. The van der Waals surface area contributed by atoms with Gasteiger partial charge in [0, 0.05) is 0 Å². The van der Waals surface area contributed by atoms with E-state index < -0.39 is 13.8 Å². The van der Waals surface area contributed by atoms with Gasteiger partial charge < -0.3 is 13.8 Å². The molecule has 0 unspecified atom stereocenters. The molecule has 0 aromatic heterocycles. The number of amides is 1. The lowest BCUT2D eigenvalue weighted by Gasteiger charge is -2.20. The van der Waals surface area contributed by atoms with Gasteiger partial charge in [0.15, 0.2) is 0 Å². The zero-order valence-corrected chi connectivity index (χ0v) is 14.5. The van der Waals surface area contributed by atoms with E-state index in [1.165, 1.54) is 7.11 Å². The zero-order chi connectivity index (χ0) is 17.6. The molecule has 8 heteroatoms. The van der Waals surface area contributed by atoms with Crippen molar-refractivity contribution in [3.63, 3.8) is 0 Å². The number of aryl methyl sites for hydroxylation is 2. The number of rotatable bonds is 6. The SMILES string of the molecule is COC(=O)NNP(=O)(Oc1ccc(C)cc1)Oc1ccc(C)cc1. The predicted octanol–water partition coefficient (Wildman–Crippen LogP) is 3.73. The fourth-order valence-electron chi connectivity index (χ4n) is 1.71. The van der Waals surface area contributed by atoms with E-state index in [0.717, 1.165) is 11.1 Å². The Hall–Kier alpha value is -2.50. The van der Waals surface area contributed by atoms with Crippen molar-refractivity contribution in [3.8, 4) is 11.5 Å². The van der Waals surface area contributed by atoms with E-state index in [1.807, 2.05) is 13.8 Å². The van der Waals surface area contributed by atoms with Crippen molar-refractivity contribution in [2.75, 3.05) is 7.11 Å². The van der Waals surface area contributed by atoms with Gasteiger partial charge in [0.1, 0.15) is 11.5 Å². The molecule has 1 amide bonds. The minimum atomic E-state index is -3.92. The number of carbonyl (C=O) groups is 1. The topological polar surface area (TPSA) is 85.9 Å². The average molecular weight is 350 g/mol. The van der Waals surface area contributed by atoms with E-state index in [4.69, 9.17) is 9.05 Å². The first-order valence-electron chi connectivity index (χ1n) is 7.14. The van der Waals surface area contributed by atoms with Crippen LogP contribution in [-0.4, -0.2) is 13.2 Å². The third kappa shape index (κ3) is 5.30. The van der Waals surface area contributed by atoms with Crippen molar-refractivity contribution < 1.29 is 23.1 Å². The molecule has 0 heterocycles. The van der Waals surface area contributed by atoms with Crippen LogP contribution in [0.1, 0.15) is 11.1 Å². The number of ether oxygens (including phenoxy) is 1. The van der Waals surface area contributed by atoms with Gasteiger partial charge in [-0.3, -0.25) is 0 Å². The summed E-state index contributed by atoms with van der Waals surface area (Å²) in [6.45, 7) is 3.84. The van der Waals surface area contributed by atoms with Crippen LogP contribution < -0.4 is 19.7 Å². The van der Waals surface area contributed by atoms with E-state index in [0.29, 0.717) is 11.5 Å². The molecule has 0 aliphatic rings. The van der Waals surface area contributed by atoms with Gasteiger partial charge in [-0.25, -0.2) is 14.8 Å². The first kappa shape index (κ1) is 17.8. The molecule has 0 radical (unpaired) electrons. The summed E-state index contributed by atoms with van der Waals surface area (Å²) in [5.74, 6) is 0.658. The van der Waals surface area contributed by atoms with E-state index in [9.17, 15) is 9.36 Å². The second kappa shape index (κ2) is 7.86. The molecule has 2 aromatic carbocycles. The molecule has 0 atom stereocenters. The van der Waals surface area contributed by atoms with Crippen molar-refractivity contribution in [1.29, 1.82) is 0 Å². The van der Waals surface area contributed by atoms with Crippen LogP contribution in [-0.2, 0) is 9.30 Å². The Morgan fingerprint density at radius 3 is 1.67 bits per heavy atom. The quantitative estimate of drug-likeness (QED) is 0.610. The Labute approximate surface area is 140 Å². The lowest BCUT2D eigenvalue weighted by molar-refractivity contribution is 0.167. The zero-order valence-electron chi connectivity index (χ0n) is 13.6. The lowest BCUT2D eigenvalue weighted by atomic mass is 10.2. The summed E-state index contributed by atoms with van der Waals surface area (Å²) in [6.07, 6.45) is -0.824. The molecular formula is C16H19N2O5P.